The van der Waals surface area contributed by atoms with E-state index >= 15 is 0 Å². The Kier molecular flexibility index (Phi) is 5.37. The summed E-state index contributed by atoms with van der Waals surface area (Å²) in [5.41, 5.74) is 0. The van der Waals surface area contributed by atoms with Crippen LogP contribution >= 0.6 is 0 Å². The molecule has 1 fully saturated rings. The third-order valence-corrected chi connectivity index (χ3v) is 2.96. The number of aliphatic carboxylic acids is 1. The number of carboxylic acids is 1. The largest absolute Gasteiger partial charge is 0.481 e. The minimum atomic E-state index is -0.844. The molecule has 1 aliphatic heterocycles. The lowest BCUT2D eigenvalue weighted by molar-refractivity contribution is -0.148. The van der Waals surface area contributed by atoms with E-state index in [4.69, 9.17) is 14.6 Å². The fraction of sp³-hybridized carbons (Fsp3) is 0.818. The fourth-order valence-electron chi connectivity index (χ4n) is 1.92. The second-order valence-corrected chi connectivity index (χ2v) is 4.19. The maximum atomic E-state index is 11.7. The SMILES string of the molecule is COCC(CN1CC(C(=O)O)CCC1=O)OC. The molecule has 0 aromatic rings. The van der Waals surface area contributed by atoms with Gasteiger partial charge in [-0.3, -0.25) is 9.59 Å². The van der Waals surface area contributed by atoms with E-state index < -0.39 is 11.9 Å². The zero-order valence-electron chi connectivity index (χ0n) is 10.2. The van der Waals surface area contributed by atoms with E-state index in [0.29, 0.717) is 26.0 Å². The lowest BCUT2D eigenvalue weighted by Crippen LogP contribution is -2.47. The molecule has 1 amide bonds. The van der Waals surface area contributed by atoms with Crippen LogP contribution in [0.2, 0.25) is 0 Å². The van der Waals surface area contributed by atoms with E-state index in [1.165, 1.54) is 0 Å². The van der Waals surface area contributed by atoms with Gasteiger partial charge in [-0.25, -0.2) is 0 Å². The summed E-state index contributed by atoms with van der Waals surface area (Å²) in [7, 11) is 3.11. The van der Waals surface area contributed by atoms with Gasteiger partial charge in [-0.1, -0.05) is 0 Å². The number of amides is 1. The third kappa shape index (κ3) is 3.98. The van der Waals surface area contributed by atoms with Gasteiger partial charge in [0.05, 0.1) is 18.6 Å². The summed E-state index contributed by atoms with van der Waals surface area (Å²) in [5.74, 6) is -1.32. The molecule has 6 heteroatoms. The van der Waals surface area contributed by atoms with Crippen molar-refractivity contribution in [2.45, 2.75) is 18.9 Å². The fourth-order valence-corrected chi connectivity index (χ4v) is 1.92. The summed E-state index contributed by atoms with van der Waals surface area (Å²) in [4.78, 5) is 24.1. The van der Waals surface area contributed by atoms with Gasteiger partial charge in [-0.05, 0) is 6.42 Å². The molecule has 0 aromatic heterocycles. The van der Waals surface area contributed by atoms with Crippen molar-refractivity contribution in [3.8, 4) is 0 Å². The summed E-state index contributed by atoms with van der Waals surface area (Å²) < 4.78 is 10.1. The van der Waals surface area contributed by atoms with Crippen molar-refractivity contribution in [3.05, 3.63) is 0 Å². The molecule has 1 heterocycles. The number of ether oxygens (including phenoxy) is 2. The van der Waals surface area contributed by atoms with Gasteiger partial charge in [-0.15, -0.1) is 0 Å². The quantitative estimate of drug-likeness (QED) is 0.711. The number of carbonyl (C=O) groups excluding carboxylic acids is 1. The van der Waals surface area contributed by atoms with Crippen LogP contribution in [0.5, 0.6) is 0 Å². The molecular weight excluding hydrogens is 226 g/mol. The number of carbonyl (C=O) groups is 2. The van der Waals surface area contributed by atoms with E-state index in [1.807, 2.05) is 0 Å². The van der Waals surface area contributed by atoms with Crippen LogP contribution in [0.3, 0.4) is 0 Å². The summed E-state index contributed by atoms with van der Waals surface area (Å²) in [6, 6.07) is 0. The van der Waals surface area contributed by atoms with Gasteiger partial charge in [0.2, 0.25) is 5.91 Å². The highest BCUT2D eigenvalue weighted by Gasteiger charge is 2.31. The molecule has 0 bridgehead atoms. The van der Waals surface area contributed by atoms with Gasteiger partial charge in [0, 0.05) is 33.7 Å². The average Bonchev–Trinajstić information content (AvgIpc) is 2.30. The van der Waals surface area contributed by atoms with Gasteiger partial charge in [-0.2, -0.15) is 0 Å². The number of hydrogen-bond acceptors (Lipinski definition) is 4. The van der Waals surface area contributed by atoms with Gasteiger partial charge < -0.3 is 19.5 Å². The van der Waals surface area contributed by atoms with Crippen molar-refractivity contribution in [1.29, 1.82) is 0 Å². The van der Waals surface area contributed by atoms with Crippen molar-refractivity contribution >= 4 is 11.9 Å². The monoisotopic (exact) mass is 245 g/mol. The predicted molar refractivity (Wildman–Crippen MR) is 59.6 cm³/mol. The first kappa shape index (κ1) is 13.9. The highest BCUT2D eigenvalue weighted by atomic mass is 16.5. The van der Waals surface area contributed by atoms with E-state index in [-0.39, 0.29) is 18.6 Å². The van der Waals surface area contributed by atoms with E-state index in [1.54, 1.807) is 19.1 Å². The Morgan fingerprint density at radius 2 is 2.29 bits per heavy atom. The molecule has 0 radical (unpaired) electrons. The number of likely N-dealkylation sites (tertiary alicyclic amines) is 1. The molecule has 0 spiro atoms. The first-order valence-electron chi connectivity index (χ1n) is 5.60. The maximum Gasteiger partial charge on any atom is 0.308 e. The van der Waals surface area contributed by atoms with Crippen molar-refractivity contribution in [2.75, 3.05) is 33.9 Å². The molecule has 0 aliphatic carbocycles. The standard InChI is InChI=1S/C11H19NO5/c1-16-7-9(17-2)6-12-5-8(11(14)15)3-4-10(12)13/h8-9H,3-7H2,1-2H3,(H,14,15). The Hall–Kier alpha value is -1.14. The van der Waals surface area contributed by atoms with Gasteiger partial charge in [0.1, 0.15) is 0 Å². The summed E-state index contributed by atoms with van der Waals surface area (Å²) >= 11 is 0. The molecule has 1 rings (SSSR count). The molecular formula is C11H19NO5. The molecule has 17 heavy (non-hydrogen) atoms. The van der Waals surface area contributed by atoms with Crippen molar-refractivity contribution in [3.63, 3.8) is 0 Å². The zero-order valence-corrected chi connectivity index (χ0v) is 10.2. The number of piperidine rings is 1. The summed E-state index contributed by atoms with van der Waals surface area (Å²) in [5, 5.41) is 8.94. The number of methoxy groups -OCH3 is 2. The highest BCUT2D eigenvalue weighted by Crippen LogP contribution is 2.18. The first-order chi connectivity index (χ1) is 8.08. The minimum Gasteiger partial charge on any atom is -0.481 e. The Morgan fingerprint density at radius 1 is 1.59 bits per heavy atom. The number of hydrogen-bond donors (Lipinski definition) is 1. The molecule has 98 valence electrons. The topological polar surface area (TPSA) is 76.1 Å². The Morgan fingerprint density at radius 3 is 2.82 bits per heavy atom. The molecule has 1 N–H and O–H groups in total. The lowest BCUT2D eigenvalue weighted by atomic mass is 9.97. The van der Waals surface area contributed by atoms with E-state index in [2.05, 4.69) is 0 Å². The maximum absolute atomic E-state index is 11.7. The molecule has 6 nitrogen and oxygen atoms in total. The van der Waals surface area contributed by atoms with Crippen LogP contribution in [0.4, 0.5) is 0 Å². The van der Waals surface area contributed by atoms with Crippen molar-refractivity contribution in [1.82, 2.24) is 4.90 Å². The van der Waals surface area contributed by atoms with Gasteiger partial charge >= 0.3 is 5.97 Å². The van der Waals surface area contributed by atoms with Crippen molar-refractivity contribution in [2.24, 2.45) is 5.92 Å². The molecule has 0 aromatic carbocycles. The third-order valence-electron chi connectivity index (χ3n) is 2.96. The average molecular weight is 245 g/mol. The van der Waals surface area contributed by atoms with Crippen LogP contribution in [0.15, 0.2) is 0 Å². The number of nitrogens with zero attached hydrogens (tertiary/aromatic N) is 1. The molecule has 1 aliphatic rings. The second kappa shape index (κ2) is 6.56. The zero-order chi connectivity index (χ0) is 12.8. The van der Waals surface area contributed by atoms with E-state index in [9.17, 15) is 9.59 Å². The molecule has 2 atom stereocenters. The number of rotatable bonds is 6. The molecule has 2 unspecified atom stereocenters. The Labute approximate surface area is 100 Å². The smallest absolute Gasteiger partial charge is 0.308 e. The summed E-state index contributed by atoms with van der Waals surface area (Å²) in [6.07, 6.45) is 0.504. The van der Waals surface area contributed by atoms with Crippen LogP contribution < -0.4 is 0 Å². The normalized spacial score (nSPS) is 22.6. The van der Waals surface area contributed by atoms with Crippen LogP contribution in [-0.4, -0.2) is 61.9 Å². The van der Waals surface area contributed by atoms with Gasteiger partial charge in [0.25, 0.3) is 0 Å². The second-order valence-electron chi connectivity index (χ2n) is 4.19. The van der Waals surface area contributed by atoms with E-state index in [0.717, 1.165) is 0 Å². The van der Waals surface area contributed by atoms with Gasteiger partial charge in [0.15, 0.2) is 0 Å². The first-order valence-corrected chi connectivity index (χ1v) is 5.60. The molecule has 0 saturated carbocycles. The molecule has 1 saturated heterocycles. The summed E-state index contributed by atoms with van der Waals surface area (Å²) in [6.45, 7) is 1.03. The van der Waals surface area contributed by atoms with Crippen LogP contribution in [0.1, 0.15) is 12.8 Å². The Balaban J connectivity index is 2.54. The highest BCUT2D eigenvalue weighted by molar-refractivity contribution is 5.80. The van der Waals surface area contributed by atoms with Crippen LogP contribution in [-0.2, 0) is 19.1 Å². The minimum absolute atomic E-state index is 0.0133. The number of carboxylic acid groups (broad SMARTS) is 1. The predicted octanol–water partition coefficient (Wildman–Crippen LogP) is -0.0290. The van der Waals surface area contributed by atoms with Crippen molar-refractivity contribution < 1.29 is 24.2 Å². The lowest BCUT2D eigenvalue weighted by Gasteiger charge is -2.32. The Bertz CT molecular complexity index is 281. The van der Waals surface area contributed by atoms with Crippen LogP contribution in [0, 0.1) is 5.92 Å². The van der Waals surface area contributed by atoms with Crippen LogP contribution in [0.25, 0.3) is 0 Å².